The van der Waals surface area contributed by atoms with Gasteiger partial charge in [-0.05, 0) is 6.92 Å². The quantitative estimate of drug-likeness (QED) is 0.559. The summed E-state index contributed by atoms with van der Waals surface area (Å²) in [6.07, 6.45) is -0.892. The van der Waals surface area contributed by atoms with Gasteiger partial charge in [0.2, 0.25) is 0 Å². The van der Waals surface area contributed by atoms with E-state index < -0.39 is 6.09 Å². The highest BCUT2D eigenvalue weighted by Gasteiger charge is 2.28. The molecule has 0 fully saturated rings. The number of quaternary nitrogens is 1. The van der Waals surface area contributed by atoms with Crippen molar-refractivity contribution in [3.8, 4) is 0 Å². The predicted octanol–water partition coefficient (Wildman–Crippen LogP) is 0.123. The van der Waals surface area contributed by atoms with Crippen LogP contribution in [0.4, 0.5) is 4.79 Å². The summed E-state index contributed by atoms with van der Waals surface area (Å²) in [5, 5.41) is 17.1. The van der Waals surface area contributed by atoms with Crippen LogP contribution in [0.1, 0.15) is 6.92 Å². The Morgan fingerprint density at radius 1 is 1.60 bits per heavy atom. The molecule has 10 heavy (non-hydrogen) atoms. The largest absolute Gasteiger partial charge is 0.513 e. The van der Waals surface area contributed by atoms with Crippen LogP contribution in [0.15, 0.2) is 0 Å². The van der Waals surface area contributed by atoms with Gasteiger partial charge in [0, 0.05) is 0 Å². The van der Waals surface area contributed by atoms with E-state index in [-0.39, 0.29) is 17.6 Å². The van der Waals surface area contributed by atoms with Gasteiger partial charge in [-0.15, -0.1) is 0 Å². The van der Waals surface area contributed by atoms with Gasteiger partial charge in [-0.25, -0.2) is 4.48 Å². The van der Waals surface area contributed by atoms with Crippen molar-refractivity contribution in [2.75, 3.05) is 26.7 Å². The molecule has 0 rings (SSSR count). The molecule has 2 N–H and O–H groups in total. The predicted molar refractivity (Wildman–Crippen MR) is 36.7 cm³/mol. The average molecular weight is 148 g/mol. The van der Waals surface area contributed by atoms with Gasteiger partial charge < -0.3 is 10.2 Å². The second-order valence-corrected chi connectivity index (χ2v) is 2.44. The molecule has 0 spiro atoms. The molecule has 0 aliphatic carbocycles. The third-order valence-corrected chi connectivity index (χ3v) is 1.75. The van der Waals surface area contributed by atoms with Gasteiger partial charge in [-0.1, -0.05) is 0 Å². The number of rotatable bonds is 3. The molecule has 1 atom stereocenters. The molecule has 4 nitrogen and oxygen atoms in total. The first-order valence-corrected chi connectivity index (χ1v) is 3.25. The number of hydrogen-bond donors (Lipinski definition) is 2. The summed E-state index contributed by atoms with van der Waals surface area (Å²) in [6.45, 7) is 2.46. The van der Waals surface area contributed by atoms with E-state index in [1.807, 2.05) is 0 Å². The number of nitrogens with zero attached hydrogens (tertiary/aromatic N) is 1. The molecule has 1 unspecified atom stereocenters. The van der Waals surface area contributed by atoms with Crippen LogP contribution >= 0.6 is 0 Å². The molecular formula is C6H14NO3+. The fourth-order valence-electron chi connectivity index (χ4n) is 0.610. The van der Waals surface area contributed by atoms with Crippen LogP contribution in [-0.2, 0) is 0 Å². The Hall–Kier alpha value is -0.610. The summed E-state index contributed by atoms with van der Waals surface area (Å²) in [5.74, 6) is 0. The van der Waals surface area contributed by atoms with E-state index in [0.29, 0.717) is 6.54 Å². The SMILES string of the molecule is CC[N+](C)(CCO)C(=O)O. The zero-order chi connectivity index (χ0) is 8.20. The smallest absolute Gasteiger partial charge is 0.435 e. The Bertz CT molecular complexity index is 126. The Labute approximate surface area is 60.3 Å². The van der Waals surface area contributed by atoms with Gasteiger partial charge in [-0.3, -0.25) is 0 Å². The average Bonchev–Trinajstić information content (AvgIpc) is 1.88. The topological polar surface area (TPSA) is 57.5 Å². The summed E-state index contributed by atoms with van der Waals surface area (Å²) in [5.41, 5.74) is 0. The fourth-order valence-corrected chi connectivity index (χ4v) is 0.610. The van der Waals surface area contributed by atoms with E-state index in [1.54, 1.807) is 14.0 Å². The van der Waals surface area contributed by atoms with Gasteiger partial charge in [0.05, 0.1) is 20.2 Å². The molecule has 0 aromatic rings. The number of aliphatic hydroxyl groups is 1. The lowest BCUT2D eigenvalue weighted by atomic mass is 10.4. The number of amides is 1. The fraction of sp³-hybridized carbons (Fsp3) is 0.833. The number of likely N-dealkylation sites (N-methyl/N-ethyl adjacent to an activating group) is 1. The highest BCUT2D eigenvalue weighted by molar-refractivity contribution is 5.56. The molecule has 1 amide bonds. The van der Waals surface area contributed by atoms with E-state index in [9.17, 15) is 4.79 Å². The lowest BCUT2D eigenvalue weighted by Gasteiger charge is -2.25. The lowest BCUT2D eigenvalue weighted by Crippen LogP contribution is -2.49. The minimum atomic E-state index is -0.892. The summed E-state index contributed by atoms with van der Waals surface area (Å²) in [4.78, 5) is 10.5. The molecule has 0 aliphatic heterocycles. The standard InChI is InChI=1S/C6H13NO3/c1-3-7(2,4-5-8)6(9)10/h8H,3-5H2,1-2H3/p+1. The molecule has 0 saturated carbocycles. The number of carbonyl (C=O) groups is 1. The van der Waals surface area contributed by atoms with Crippen molar-refractivity contribution in [3.05, 3.63) is 0 Å². The van der Waals surface area contributed by atoms with Gasteiger partial charge in [0.1, 0.15) is 6.54 Å². The first kappa shape index (κ1) is 9.39. The molecule has 0 aromatic heterocycles. The maximum atomic E-state index is 10.5. The van der Waals surface area contributed by atoms with Crippen LogP contribution in [0.2, 0.25) is 0 Å². The zero-order valence-corrected chi connectivity index (χ0v) is 6.37. The second kappa shape index (κ2) is 3.53. The van der Waals surface area contributed by atoms with Crippen LogP contribution in [0.25, 0.3) is 0 Å². The van der Waals surface area contributed by atoms with E-state index in [1.165, 1.54) is 0 Å². The van der Waals surface area contributed by atoms with Crippen LogP contribution < -0.4 is 0 Å². The van der Waals surface area contributed by atoms with Crippen molar-refractivity contribution in [2.45, 2.75) is 6.92 Å². The third kappa shape index (κ3) is 1.97. The normalized spacial score (nSPS) is 16.3. The van der Waals surface area contributed by atoms with E-state index in [4.69, 9.17) is 10.2 Å². The maximum absolute atomic E-state index is 10.5. The molecule has 4 heteroatoms. The van der Waals surface area contributed by atoms with E-state index in [0.717, 1.165) is 0 Å². The molecule has 0 radical (unpaired) electrons. The van der Waals surface area contributed by atoms with Crippen LogP contribution in [0, 0.1) is 0 Å². The zero-order valence-electron chi connectivity index (χ0n) is 6.37. The first-order valence-electron chi connectivity index (χ1n) is 3.25. The van der Waals surface area contributed by atoms with Crippen LogP contribution in [-0.4, -0.2) is 47.5 Å². The van der Waals surface area contributed by atoms with Crippen LogP contribution in [0.5, 0.6) is 0 Å². The Kier molecular flexibility index (Phi) is 3.32. The van der Waals surface area contributed by atoms with Gasteiger partial charge in [0.15, 0.2) is 0 Å². The second-order valence-electron chi connectivity index (χ2n) is 2.44. The Balaban J connectivity index is 4.08. The summed E-state index contributed by atoms with van der Waals surface area (Å²) in [7, 11) is 1.58. The first-order chi connectivity index (χ1) is 4.56. The van der Waals surface area contributed by atoms with Gasteiger partial charge in [0.25, 0.3) is 0 Å². The van der Waals surface area contributed by atoms with Crippen molar-refractivity contribution in [1.29, 1.82) is 0 Å². The van der Waals surface area contributed by atoms with Crippen LogP contribution in [0.3, 0.4) is 0 Å². The highest BCUT2D eigenvalue weighted by Crippen LogP contribution is 2.00. The maximum Gasteiger partial charge on any atom is 0.513 e. The van der Waals surface area contributed by atoms with Gasteiger partial charge >= 0.3 is 6.09 Å². The molecular weight excluding hydrogens is 134 g/mol. The van der Waals surface area contributed by atoms with E-state index >= 15 is 0 Å². The summed E-state index contributed by atoms with van der Waals surface area (Å²) < 4.78 is -0.115. The van der Waals surface area contributed by atoms with Gasteiger partial charge in [-0.2, -0.15) is 4.79 Å². The number of aliphatic hydroxyl groups excluding tert-OH is 1. The Morgan fingerprint density at radius 3 is 2.20 bits per heavy atom. The molecule has 0 heterocycles. The molecule has 0 aromatic carbocycles. The van der Waals surface area contributed by atoms with Crippen molar-refractivity contribution < 1.29 is 19.5 Å². The Morgan fingerprint density at radius 2 is 2.10 bits per heavy atom. The molecule has 0 saturated heterocycles. The summed E-state index contributed by atoms with van der Waals surface area (Å²) >= 11 is 0. The van der Waals surface area contributed by atoms with Crippen molar-refractivity contribution >= 4 is 6.09 Å². The molecule has 0 bridgehead atoms. The minimum Gasteiger partial charge on any atom is -0.435 e. The monoisotopic (exact) mass is 148 g/mol. The minimum absolute atomic E-state index is 0.0867. The lowest BCUT2D eigenvalue weighted by molar-refractivity contribution is -0.835. The summed E-state index contributed by atoms with van der Waals surface area (Å²) in [6, 6.07) is 0. The van der Waals surface area contributed by atoms with Crippen molar-refractivity contribution in [3.63, 3.8) is 0 Å². The number of hydrogen-bond acceptors (Lipinski definition) is 2. The molecule has 0 aliphatic rings. The van der Waals surface area contributed by atoms with E-state index in [2.05, 4.69) is 0 Å². The highest BCUT2D eigenvalue weighted by atomic mass is 16.4. The number of carboxylic acid groups (broad SMARTS) is 1. The third-order valence-electron chi connectivity index (χ3n) is 1.75. The van der Waals surface area contributed by atoms with Crippen molar-refractivity contribution in [2.24, 2.45) is 0 Å². The van der Waals surface area contributed by atoms with Crippen molar-refractivity contribution in [1.82, 2.24) is 0 Å². The molecule has 60 valence electrons.